The molecule has 0 aliphatic rings. The van der Waals surface area contributed by atoms with Gasteiger partial charge in [-0.1, -0.05) is 16.8 Å². The van der Waals surface area contributed by atoms with E-state index < -0.39 is 15.3 Å². The minimum atomic E-state index is -3.24. The van der Waals surface area contributed by atoms with Gasteiger partial charge in [-0.05, 0) is 38.1 Å². The molecule has 0 atom stereocenters. The van der Waals surface area contributed by atoms with Crippen LogP contribution in [0.3, 0.4) is 0 Å². The topological polar surface area (TPSA) is 99.1 Å². The second kappa shape index (κ2) is 4.73. The van der Waals surface area contributed by atoms with Gasteiger partial charge in [-0.3, -0.25) is 9.11 Å². The quantitative estimate of drug-likeness (QED) is 0.296. The molecule has 0 aromatic heterocycles. The summed E-state index contributed by atoms with van der Waals surface area (Å²) in [5, 5.41) is 12.0. The van der Waals surface area contributed by atoms with Crippen LogP contribution in [0.5, 0.6) is 0 Å². The summed E-state index contributed by atoms with van der Waals surface area (Å²) in [5.41, 5.74) is 5.48. The molecule has 7 heteroatoms. The molecular weight excluding hydrogens is 264 g/mol. The highest BCUT2D eigenvalue weighted by Gasteiger charge is 2.40. The van der Waals surface area contributed by atoms with Crippen molar-refractivity contribution in [3.63, 3.8) is 0 Å². The first-order valence-electron chi connectivity index (χ1n) is 4.75. The number of nitrogens with two attached hydrogens (primary N) is 1. The molecule has 5 nitrogen and oxygen atoms in total. The summed E-state index contributed by atoms with van der Waals surface area (Å²) in [4.78, 5) is 0.290. The Labute approximate surface area is 106 Å². The number of nitrogens with zero attached hydrogens (tertiary/aromatic N) is 1. The molecule has 0 bridgehead atoms. The molecule has 5 N–H and O–H groups in total. The van der Waals surface area contributed by atoms with Gasteiger partial charge < -0.3 is 10.9 Å². The van der Waals surface area contributed by atoms with Crippen LogP contribution in [0, 0.1) is 0 Å². The van der Waals surface area contributed by atoms with E-state index in [1.165, 1.54) is 26.0 Å². The van der Waals surface area contributed by atoms with Crippen LogP contribution in [0.1, 0.15) is 13.8 Å². The number of hydrogen-bond donors (Lipinski definition) is 4. The normalized spacial score (nSPS) is 14.8. The highest BCUT2D eigenvalue weighted by Crippen LogP contribution is 2.58. The fourth-order valence-corrected chi connectivity index (χ4v) is 2.75. The third kappa shape index (κ3) is 2.50. The molecule has 17 heavy (non-hydrogen) atoms. The number of hydrogen-bond acceptors (Lipinski definition) is 4. The fraction of sp³-hybridized carbons (Fsp3) is 0.300. The fourth-order valence-electron chi connectivity index (χ4n) is 1.19. The van der Waals surface area contributed by atoms with Gasteiger partial charge in [0.1, 0.15) is 4.75 Å². The molecule has 0 aliphatic carbocycles. The first-order chi connectivity index (χ1) is 7.73. The van der Waals surface area contributed by atoms with Crippen molar-refractivity contribution in [1.82, 2.24) is 0 Å². The molecule has 1 aromatic rings. The Morgan fingerprint density at radius 1 is 1.29 bits per heavy atom. The van der Waals surface area contributed by atoms with Gasteiger partial charge >= 0.3 is 0 Å². The number of halogens is 1. The molecule has 0 spiro atoms. The molecule has 0 fully saturated rings. The Kier molecular flexibility index (Phi) is 3.93. The lowest BCUT2D eigenvalue weighted by atomic mass is 10.2. The van der Waals surface area contributed by atoms with E-state index in [2.05, 4.69) is 5.16 Å². The van der Waals surface area contributed by atoms with E-state index in [1.807, 2.05) is 0 Å². The zero-order valence-electron chi connectivity index (χ0n) is 9.46. The molecule has 1 aromatic carbocycles. The highest BCUT2D eigenvalue weighted by atomic mass is 35.5. The average Bonchev–Trinajstić information content (AvgIpc) is 2.28. The molecule has 0 saturated carbocycles. The van der Waals surface area contributed by atoms with Crippen LogP contribution >= 0.6 is 22.2 Å². The largest absolute Gasteiger partial charge is 0.409 e. The molecule has 0 radical (unpaired) electrons. The third-order valence-corrected chi connectivity index (χ3v) is 5.39. The summed E-state index contributed by atoms with van der Waals surface area (Å²) in [6.07, 6.45) is 0. The standard InChI is InChI=1S/C10H15ClN2O3S/c1-10(2,9(12)13-14)17(15,16)8-5-3-7(11)4-6-8/h3-6,14-16H,1-2H3,(H2,12,13). The number of benzene rings is 1. The first-order valence-corrected chi connectivity index (χ1v) is 6.67. The van der Waals surface area contributed by atoms with Crippen molar-refractivity contribution < 1.29 is 14.3 Å². The maximum Gasteiger partial charge on any atom is 0.164 e. The maximum absolute atomic E-state index is 10.2. The summed E-state index contributed by atoms with van der Waals surface area (Å²) in [6, 6.07) is 6.11. The summed E-state index contributed by atoms with van der Waals surface area (Å²) >= 11 is 5.72. The SMILES string of the molecule is CC(C)(/C(N)=N/O)S(O)(O)c1ccc(Cl)cc1. The van der Waals surface area contributed by atoms with Gasteiger partial charge in [0.15, 0.2) is 5.84 Å². The van der Waals surface area contributed by atoms with E-state index in [-0.39, 0.29) is 5.84 Å². The molecular formula is C10H15ClN2O3S. The van der Waals surface area contributed by atoms with Gasteiger partial charge in [-0.15, -0.1) is 0 Å². The Bertz CT molecular complexity index is 432. The summed E-state index contributed by atoms with van der Waals surface area (Å²) in [6.45, 7) is 2.98. The zero-order chi connectivity index (χ0) is 13.3. The minimum absolute atomic E-state index is 0.243. The molecule has 0 saturated heterocycles. The van der Waals surface area contributed by atoms with Crippen LogP contribution in [-0.4, -0.2) is 24.9 Å². The van der Waals surface area contributed by atoms with Gasteiger partial charge in [0.25, 0.3) is 0 Å². The van der Waals surface area contributed by atoms with Crippen molar-refractivity contribution in [3.05, 3.63) is 29.3 Å². The Balaban J connectivity index is 3.23. The summed E-state index contributed by atoms with van der Waals surface area (Å²) < 4.78 is 19.2. The lowest BCUT2D eigenvalue weighted by Gasteiger charge is -2.45. The second-order valence-electron chi connectivity index (χ2n) is 4.00. The van der Waals surface area contributed by atoms with Crippen molar-refractivity contribution in [2.75, 3.05) is 0 Å². The highest BCUT2D eigenvalue weighted by molar-refractivity contribution is 8.26. The van der Waals surface area contributed by atoms with Gasteiger partial charge in [0, 0.05) is 5.02 Å². The van der Waals surface area contributed by atoms with Crippen LogP contribution in [-0.2, 0) is 0 Å². The van der Waals surface area contributed by atoms with Gasteiger partial charge in [-0.2, -0.15) is 10.6 Å². The molecule has 1 rings (SSSR count). The van der Waals surface area contributed by atoms with Crippen molar-refractivity contribution in [2.24, 2.45) is 10.9 Å². The predicted octanol–water partition coefficient (Wildman–Crippen LogP) is 2.97. The van der Waals surface area contributed by atoms with Crippen molar-refractivity contribution in [1.29, 1.82) is 0 Å². The van der Waals surface area contributed by atoms with Crippen molar-refractivity contribution >= 4 is 28.0 Å². The number of amidine groups is 1. The second-order valence-corrected chi connectivity index (χ2v) is 7.02. The third-order valence-electron chi connectivity index (χ3n) is 2.58. The smallest absolute Gasteiger partial charge is 0.164 e. The van der Waals surface area contributed by atoms with Crippen LogP contribution < -0.4 is 5.73 Å². The van der Waals surface area contributed by atoms with Gasteiger partial charge in [0.05, 0.1) is 4.90 Å². The van der Waals surface area contributed by atoms with Crippen molar-refractivity contribution in [3.8, 4) is 0 Å². The summed E-state index contributed by atoms with van der Waals surface area (Å²) in [5.74, 6) is -0.243. The summed E-state index contributed by atoms with van der Waals surface area (Å²) in [7, 11) is -3.24. The van der Waals surface area contributed by atoms with Crippen LogP contribution in [0.15, 0.2) is 34.3 Å². The predicted molar refractivity (Wildman–Crippen MR) is 70.1 cm³/mol. The molecule has 96 valence electrons. The minimum Gasteiger partial charge on any atom is -0.409 e. The van der Waals surface area contributed by atoms with Crippen LogP contribution in [0.4, 0.5) is 0 Å². The Morgan fingerprint density at radius 2 is 1.76 bits per heavy atom. The van der Waals surface area contributed by atoms with Gasteiger partial charge in [-0.25, -0.2) is 0 Å². The van der Waals surface area contributed by atoms with E-state index in [0.717, 1.165) is 0 Å². The van der Waals surface area contributed by atoms with E-state index in [0.29, 0.717) is 9.92 Å². The molecule has 0 unspecified atom stereocenters. The maximum atomic E-state index is 10.2. The van der Waals surface area contributed by atoms with E-state index in [9.17, 15) is 9.11 Å². The Hall–Kier alpha value is -0.950. The van der Waals surface area contributed by atoms with Crippen molar-refractivity contribution in [2.45, 2.75) is 23.5 Å². The van der Waals surface area contributed by atoms with Crippen LogP contribution in [0.2, 0.25) is 5.02 Å². The van der Waals surface area contributed by atoms with E-state index >= 15 is 0 Å². The van der Waals surface area contributed by atoms with E-state index in [1.54, 1.807) is 12.1 Å². The lowest BCUT2D eigenvalue weighted by Crippen LogP contribution is -2.42. The molecule has 0 heterocycles. The molecule has 0 amide bonds. The van der Waals surface area contributed by atoms with Crippen LogP contribution in [0.25, 0.3) is 0 Å². The number of oxime groups is 1. The number of rotatable bonds is 3. The van der Waals surface area contributed by atoms with Gasteiger partial charge in [0.2, 0.25) is 0 Å². The Morgan fingerprint density at radius 3 is 2.18 bits per heavy atom. The average molecular weight is 279 g/mol. The van der Waals surface area contributed by atoms with E-state index in [4.69, 9.17) is 22.5 Å². The molecule has 0 aliphatic heterocycles. The monoisotopic (exact) mass is 278 g/mol. The first kappa shape index (κ1) is 14.1. The lowest BCUT2D eigenvalue weighted by molar-refractivity contribution is 0.314. The zero-order valence-corrected chi connectivity index (χ0v) is 11.0.